The number of ether oxygens (including phenoxy) is 1. The van der Waals surface area contributed by atoms with Gasteiger partial charge in [0.1, 0.15) is 5.75 Å². The van der Waals surface area contributed by atoms with E-state index in [1.54, 1.807) is 6.92 Å². The molecular weight excluding hydrogens is 354 g/mol. The monoisotopic (exact) mass is 379 g/mol. The first kappa shape index (κ1) is 19.6. The van der Waals surface area contributed by atoms with Gasteiger partial charge < -0.3 is 14.6 Å². The quantitative estimate of drug-likeness (QED) is 0.699. The summed E-state index contributed by atoms with van der Waals surface area (Å²) in [5, 5.41) is 6.76. The van der Waals surface area contributed by atoms with Crippen molar-refractivity contribution in [1.82, 2.24) is 15.5 Å². The van der Waals surface area contributed by atoms with Crippen molar-refractivity contribution in [3.63, 3.8) is 0 Å². The van der Waals surface area contributed by atoms with E-state index in [1.807, 2.05) is 58.0 Å². The maximum absolute atomic E-state index is 12.4. The molecule has 0 saturated heterocycles. The number of hydrogen-bond donors (Lipinski definition) is 1. The van der Waals surface area contributed by atoms with Gasteiger partial charge in [0.2, 0.25) is 11.7 Å². The molecule has 146 valence electrons. The highest BCUT2D eigenvalue weighted by Gasteiger charge is 2.18. The number of nitrogens with one attached hydrogen (secondary N) is 1. The highest BCUT2D eigenvalue weighted by Crippen LogP contribution is 2.24. The molecule has 1 amide bonds. The molecule has 1 atom stereocenters. The van der Waals surface area contributed by atoms with Crippen LogP contribution in [0.2, 0.25) is 0 Å². The van der Waals surface area contributed by atoms with Crippen LogP contribution in [0.1, 0.15) is 35.1 Å². The van der Waals surface area contributed by atoms with Gasteiger partial charge >= 0.3 is 0 Å². The third-order valence-electron chi connectivity index (χ3n) is 4.60. The van der Waals surface area contributed by atoms with Crippen LogP contribution in [-0.2, 0) is 11.3 Å². The van der Waals surface area contributed by atoms with E-state index in [-0.39, 0.29) is 12.5 Å². The lowest BCUT2D eigenvalue weighted by molar-refractivity contribution is -0.127. The Hall–Kier alpha value is -3.15. The van der Waals surface area contributed by atoms with Crippen LogP contribution in [0.15, 0.2) is 40.9 Å². The van der Waals surface area contributed by atoms with Crippen molar-refractivity contribution >= 4 is 5.91 Å². The maximum atomic E-state index is 12.4. The van der Waals surface area contributed by atoms with Crippen molar-refractivity contribution in [2.75, 3.05) is 0 Å². The van der Waals surface area contributed by atoms with Gasteiger partial charge in [-0.25, -0.2) is 0 Å². The van der Waals surface area contributed by atoms with E-state index in [0.29, 0.717) is 11.7 Å². The predicted octanol–water partition coefficient (Wildman–Crippen LogP) is 4.05. The first-order valence-electron chi connectivity index (χ1n) is 9.25. The molecule has 0 aliphatic carbocycles. The van der Waals surface area contributed by atoms with Gasteiger partial charge in [-0.15, -0.1) is 0 Å². The minimum atomic E-state index is -0.640. The van der Waals surface area contributed by atoms with Crippen LogP contribution < -0.4 is 10.1 Å². The Labute approximate surface area is 164 Å². The predicted molar refractivity (Wildman–Crippen MR) is 107 cm³/mol. The first-order chi connectivity index (χ1) is 13.3. The molecule has 6 heteroatoms. The summed E-state index contributed by atoms with van der Waals surface area (Å²) >= 11 is 0. The molecule has 0 radical (unpaired) electrons. The fourth-order valence-corrected chi connectivity index (χ4v) is 2.90. The van der Waals surface area contributed by atoms with E-state index in [0.717, 1.165) is 33.6 Å². The van der Waals surface area contributed by atoms with E-state index in [4.69, 9.17) is 9.26 Å². The maximum Gasteiger partial charge on any atom is 0.261 e. The summed E-state index contributed by atoms with van der Waals surface area (Å²) in [5.41, 5.74) is 5.26. The highest BCUT2D eigenvalue weighted by atomic mass is 16.5. The molecule has 0 aliphatic rings. The summed E-state index contributed by atoms with van der Waals surface area (Å²) in [6.07, 6.45) is -0.640. The van der Waals surface area contributed by atoms with Crippen LogP contribution in [0.4, 0.5) is 0 Å². The van der Waals surface area contributed by atoms with Crippen LogP contribution >= 0.6 is 0 Å². The number of benzene rings is 2. The Morgan fingerprint density at radius 3 is 2.68 bits per heavy atom. The normalized spacial score (nSPS) is 11.9. The summed E-state index contributed by atoms with van der Waals surface area (Å²) in [4.78, 5) is 16.7. The van der Waals surface area contributed by atoms with Crippen molar-refractivity contribution in [1.29, 1.82) is 0 Å². The zero-order chi connectivity index (χ0) is 20.3. The van der Waals surface area contributed by atoms with Crippen LogP contribution in [0.5, 0.6) is 5.75 Å². The third kappa shape index (κ3) is 4.57. The summed E-state index contributed by atoms with van der Waals surface area (Å²) in [7, 11) is 0. The van der Waals surface area contributed by atoms with Crippen molar-refractivity contribution in [2.24, 2.45) is 0 Å². The molecular formula is C22H25N3O3. The smallest absolute Gasteiger partial charge is 0.261 e. The van der Waals surface area contributed by atoms with Gasteiger partial charge in [0, 0.05) is 5.56 Å². The van der Waals surface area contributed by atoms with Crippen LogP contribution in [0.25, 0.3) is 11.4 Å². The van der Waals surface area contributed by atoms with Crippen LogP contribution in [0.3, 0.4) is 0 Å². The standard InChI is InChI=1S/C22H25N3O3/c1-13-7-6-8-18(10-13)21-24-20(28-25-21)12-23-22(26)17(5)27-19-11-14(2)9-15(3)16(19)4/h6-11,17H,12H2,1-5H3,(H,23,26)/t17-/m0/s1. The third-order valence-corrected chi connectivity index (χ3v) is 4.60. The molecule has 0 aliphatic heterocycles. The van der Waals surface area contributed by atoms with E-state index in [1.165, 1.54) is 0 Å². The Morgan fingerprint density at radius 2 is 1.93 bits per heavy atom. The number of aryl methyl sites for hydroxylation is 3. The number of rotatable bonds is 6. The molecule has 2 aromatic carbocycles. The second-order valence-corrected chi connectivity index (χ2v) is 7.06. The number of aromatic nitrogens is 2. The molecule has 1 aromatic heterocycles. The Bertz CT molecular complexity index is 994. The minimum Gasteiger partial charge on any atom is -0.481 e. The van der Waals surface area contributed by atoms with Gasteiger partial charge in [-0.1, -0.05) is 35.0 Å². The lowest BCUT2D eigenvalue weighted by Gasteiger charge is -2.17. The molecule has 6 nitrogen and oxygen atoms in total. The van der Waals surface area contributed by atoms with Crippen LogP contribution in [-0.4, -0.2) is 22.2 Å². The van der Waals surface area contributed by atoms with E-state index < -0.39 is 6.10 Å². The molecule has 0 spiro atoms. The zero-order valence-corrected chi connectivity index (χ0v) is 16.9. The Morgan fingerprint density at radius 1 is 1.14 bits per heavy atom. The number of nitrogens with zero attached hydrogens (tertiary/aromatic N) is 2. The second-order valence-electron chi connectivity index (χ2n) is 7.06. The van der Waals surface area contributed by atoms with Gasteiger partial charge in [-0.3, -0.25) is 4.79 Å². The lowest BCUT2D eigenvalue weighted by atomic mass is 10.1. The van der Waals surface area contributed by atoms with Crippen molar-refractivity contribution in [3.05, 3.63) is 64.5 Å². The van der Waals surface area contributed by atoms with Crippen molar-refractivity contribution in [3.8, 4) is 17.1 Å². The molecule has 28 heavy (non-hydrogen) atoms. The molecule has 0 fully saturated rings. The second kappa shape index (κ2) is 8.25. The van der Waals surface area contributed by atoms with Gasteiger partial charge in [-0.05, 0) is 63.4 Å². The van der Waals surface area contributed by atoms with E-state index >= 15 is 0 Å². The molecule has 3 rings (SSSR count). The van der Waals surface area contributed by atoms with E-state index in [2.05, 4.69) is 21.5 Å². The summed E-state index contributed by atoms with van der Waals surface area (Å²) in [6, 6.07) is 11.9. The SMILES string of the molecule is Cc1cccc(-c2noc(CNC(=O)[C@H](C)Oc3cc(C)cc(C)c3C)n2)c1. The van der Waals surface area contributed by atoms with Crippen molar-refractivity contribution in [2.45, 2.75) is 47.3 Å². The fourth-order valence-electron chi connectivity index (χ4n) is 2.90. The summed E-state index contributed by atoms with van der Waals surface area (Å²) in [6.45, 7) is 9.89. The Kier molecular flexibility index (Phi) is 5.78. The minimum absolute atomic E-state index is 0.150. The zero-order valence-electron chi connectivity index (χ0n) is 16.9. The average Bonchev–Trinajstić information content (AvgIpc) is 3.12. The molecule has 0 unspecified atom stereocenters. The molecule has 0 saturated carbocycles. The van der Waals surface area contributed by atoms with Gasteiger partial charge in [0.25, 0.3) is 5.91 Å². The summed E-state index contributed by atoms with van der Waals surface area (Å²) < 4.78 is 11.1. The van der Waals surface area contributed by atoms with Crippen molar-refractivity contribution < 1.29 is 14.1 Å². The van der Waals surface area contributed by atoms with E-state index in [9.17, 15) is 4.79 Å². The highest BCUT2D eigenvalue weighted by molar-refractivity contribution is 5.80. The van der Waals surface area contributed by atoms with Crippen LogP contribution in [0, 0.1) is 27.7 Å². The number of amides is 1. The molecule has 3 aromatic rings. The van der Waals surface area contributed by atoms with Gasteiger partial charge in [0.15, 0.2) is 6.10 Å². The number of carbonyl (C=O) groups is 1. The molecule has 1 heterocycles. The topological polar surface area (TPSA) is 77.2 Å². The number of carbonyl (C=O) groups excluding carboxylic acids is 1. The first-order valence-corrected chi connectivity index (χ1v) is 9.25. The van der Waals surface area contributed by atoms with Gasteiger partial charge in [-0.2, -0.15) is 4.98 Å². The average molecular weight is 379 g/mol. The number of hydrogen-bond acceptors (Lipinski definition) is 5. The summed E-state index contributed by atoms with van der Waals surface area (Å²) in [5.74, 6) is 1.33. The van der Waals surface area contributed by atoms with Gasteiger partial charge in [0.05, 0.1) is 6.54 Å². The molecule has 1 N–H and O–H groups in total. The Balaban J connectivity index is 1.60. The molecule has 0 bridgehead atoms. The largest absolute Gasteiger partial charge is 0.481 e. The fraction of sp³-hybridized carbons (Fsp3) is 0.318. The lowest BCUT2D eigenvalue weighted by Crippen LogP contribution is -2.36.